The van der Waals surface area contributed by atoms with E-state index >= 15 is 0 Å². The largest absolute Gasteiger partial charge is 0.370 e. The van der Waals surface area contributed by atoms with Gasteiger partial charge in [0, 0.05) is 42.6 Å². The van der Waals surface area contributed by atoms with Gasteiger partial charge in [-0.05, 0) is 13.8 Å². The fourth-order valence-corrected chi connectivity index (χ4v) is 5.29. The summed E-state index contributed by atoms with van der Waals surface area (Å²) >= 11 is 1.68. The van der Waals surface area contributed by atoms with E-state index in [-0.39, 0.29) is 0 Å². The van der Waals surface area contributed by atoms with Crippen molar-refractivity contribution in [3.63, 3.8) is 0 Å². The molecule has 0 radical (unpaired) electrons. The second-order valence-corrected chi connectivity index (χ2v) is 8.52. The predicted octanol–water partition coefficient (Wildman–Crippen LogP) is 1.14. The van der Waals surface area contributed by atoms with Crippen molar-refractivity contribution in [3.05, 3.63) is 17.6 Å². The average molecular weight is 330 g/mol. The molecule has 1 saturated heterocycles. The highest BCUT2D eigenvalue weighted by molar-refractivity contribution is 8.00. The number of aryl methyl sites for hydroxylation is 1. The number of anilines is 1. The molecule has 1 unspecified atom stereocenters. The van der Waals surface area contributed by atoms with Crippen molar-refractivity contribution in [1.82, 2.24) is 14.9 Å². The van der Waals surface area contributed by atoms with E-state index in [1.807, 2.05) is 24.8 Å². The molecule has 8 heteroatoms. The summed E-state index contributed by atoms with van der Waals surface area (Å²) in [5, 5.41) is 2.73. The molecule has 0 bridgehead atoms. The molecule has 118 valence electrons. The van der Waals surface area contributed by atoms with Crippen molar-refractivity contribution in [2.24, 2.45) is 0 Å². The van der Waals surface area contributed by atoms with Gasteiger partial charge in [-0.15, -0.1) is 0 Å². The summed E-state index contributed by atoms with van der Waals surface area (Å²) in [6.07, 6.45) is 1.30. The first-order valence-corrected chi connectivity index (χ1v) is 10.1. The van der Waals surface area contributed by atoms with Gasteiger partial charge in [-0.25, -0.2) is 18.4 Å². The Kier molecular flexibility index (Phi) is 5.45. The Morgan fingerprint density at radius 2 is 2.24 bits per heavy atom. The maximum Gasteiger partial charge on any atom is 0.164 e. The van der Waals surface area contributed by atoms with Crippen molar-refractivity contribution in [1.29, 1.82) is 0 Å². The van der Waals surface area contributed by atoms with Gasteiger partial charge in [-0.3, -0.25) is 4.90 Å². The first-order valence-electron chi connectivity index (χ1n) is 6.99. The molecular formula is C13H22N4O2S2. The van der Waals surface area contributed by atoms with E-state index in [0.29, 0.717) is 18.1 Å². The highest BCUT2D eigenvalue weighted by Gasteiger charge is 2.31. The van der Waals surface area contributed by atoms with Crippen LogP contribution in [0.25, 0.3) is 0 Å². The topological polar surface area (TPSA) is 75.2 Å². The maximum atomic E-state index is 11.9. The van der Waals surface area contributed by atoms with Crippen LogP contribution in [0, 0.1) is 6.92 Å². The summed E-state index contributed by atoms with van der Waals surface area (Å²) in [6, 6.07) is 1.90. The zero-order chi connectivity index (χ0) is 15.5. The summed E-state index contributed by atoms with van der Waals surface area (Å²) in [7, 11) is -3.09. The summed E-state index contributed by atoms with van der Waals surface area (Å²) in [6.45, 7) is 5.95. The van der Waals surface area contributed by atoms with E-state index < -0.39 is 15.2 Å². The molecule has 0 aliphatic carbocycles. The minimum absolute atomic E-state index is 0.442. The Balaban J connectivity index is 2.19. The fourth-order valence-electron chi connectivity index (χ4n) is 2.34. The first kappa shape index (κ1) is 16.5. The Morgan fingerprint density at radius 1 is 1.48 bits per heavy atom. The number of thioether (sulfide) groups is 1. The van der Waals surface area contributed by atoms with Crippen LogP contribution in [-0.2, 0) is 16.4 Å². The van der Waals surface area contributed by atoms with E-state index in [2.05, 4.69) is 15.3 Å². The van der Waals surface area contributed by atoms with Crippen LogP contribution in [0.15, 0.2) is 6.07 Å². The van der Waals surface area contributed by atoms with Gasteiger partial charge >= 0.3 is 0 Å². The van der Waals surface area contributed by atoms with Gasteiger partial charge in [-0.1, -0.05) is 0 Å². The fraction of sp³-hybridized carbons (Fsp3) is 0.692. The normalized spacial score (nSPS) is 20.4. The molecule has 0 amide bonds. The molecule has 1 N–H and O–H groups in total. The molecule has 0 aromatic carbocycles. The molecule has 2 rings (SSSR count). The molecule has 1 fully saturated rings. The van der Waals surface area contributed by atoms with E-state index in [9.17, 15) is 8.42 Å². The lowest BCUT2D eigenvalue weighted by molar-refractivity contribution is 0.256. The summed E-state index contributed by atoms with van der Waals surface area (Å²) in [4.78, 5) is 10.9. The third kappa shape index (κ3) is 4.55. The Labute approximate surface area is 130 Å². The predicted molar refractivity (Wildman–Crippen MR) is 87.3 cm³/mol. The van der Waals surface area contributed by atoms with Gasteiger partial charge in [0.05, 0.1) is 6.54 Å². The van der Waals surface area contributed by atoms with Gasteiger partial charge in [-0.2, -0.15) is 11.8 Å². The molecule has 1 aromatic heterocycles. The number of nitrogens with one attached hydrogen (secondary N) is 1. The lowest BCUT2D eigenvalue weighted by Gasteiger charge is -2.33. The standard InChI is InChI=1S/C13H22N4O2S2/c1-4-14-11-7-10(2)15-12(16-11)8-17-5-6-20-9-13(17)21(3,18)19/h7,13H,4-6,8-9H2,1-3H3,(H,14,15,16). The smallest absolute Gasteiger partial charge is 0.164 e. The van der Waals surface area contributed by atoms with Crippen molar-refractivity contribution in [2.45, 2.75) is 25.8 Å². The second kappa shape index (κ2) is 6.93. The minimum atomic E-state index is -3.09. The third-order valence-electron chi connectivity index (χ3n) is 3.29. The quantitative estimate of drug-likeness (QED) is 0.867. The molecule has 0 saturated carbocycles. The van der Waals surface area contributed by atoms with E-state index in [4.69, 9.17) is 0 Å². The van der Waals surface area contributed by atoms with Crippen LogP contribution in [0.3, 0.4) is 0 Å². The zero-order valence-corrected chi connectivity index (χ0v) is 14.3. The average Bonchev–Trinajstić information content (AvgIpc) is 2.37. The Hall–Kier alpha value is -0.860. The zero-order valence-electron chi connectivity index (χ0n) is 12.7. The highest BCUT2D eigenvalue weighted by atomic mass is 32.2. The SMILES string of the molecule is CCNc1cc(C)nc(CN2CCSCC2S(C)(=O)=O)n1. The maximum absolute atomic E-state index is 11.9. The number of rotatable bonds is 5. The molecular weight excluding hydrogens is 308 g/mol. The van der Waals surface area contributed by atoms with E-state index in [0.717, 1.165) is 30.4 Å². The van der Waals surface area contributed by atoms with Crippen LogP contribution in [-0.4, -0.2) is 59.5 Å². The van der Waals surface area contributed by atoms with Crippen molar-refractivity contribution >= 4 is 27.4 Å². The minimum Gasteiger partial charge on any atom is -0.370 e. The Bertz CT molecular complexity index is 592. The summed E-state index contributed by atoms with van der Waals surface area (Å²) in [5.41, 5.74) is 0.887. The number of aromatic nitrogens is 2. The highest BCUT2D eigenvalue weighted by Crippen LogP contribution is 2.22. The molecule has 1 aliphatic rings. The Morgan fingerprint density at radius 3 is 2.90 bits per heavy atom. The van der Waals surface area contributed by atoms with Crippen LogP contribution in [0.2, 0.25) is 0 Å². The van der Waals surface area contributed by atoms with Crippen LogP contribution < -0.4 is 5.32 Å². The van der Waals surface area contributed by atoms with Crippen molar-refractivity contribution < 1.29 is 8.42 Å². The van der Waals surface area contributed by atoms with Gasteiger partial charge in [0.25, 0.3) is 0 Å². The monoisotopic (exact) mass is 330 g/mol. The third-order valence-corrected chi connectivity index (χ3v) is 5.97. The van der Waals surface area contributed by atoms with Crippen LogP contribution in [0.1, 0.15) is 18.4 Å². The molecule has 21 heavy (non-hydrogen) atoms. The van der Waals surface area contributed by atoms with Gasteiger partial charge in [0.1, 0.15) is 17.0 Å². The number of hydrogen-bond acceptors (Lipinski definition) is 7. The van der Waals surface area contributed by atoms with E-state index in [1.165, 1.54) is 6.26 Å². The van der Waals surface area contributed by atoms with Gasteiger partial charge in [0.15, 0.2) is 9.84 Å². The van der Waals surface area contributed by atoms with Gasteiger partial charge in [0.2, 0.25) is 0 Å². The van der Waals surface area contributed by atoms with Crippen LogP contribution >= 0.6 is 11.8 Å². The lowest BCUT2D eigenvalue weighted by atomic mass is 10.3. The number of hydrogen-bond donors (Lipinski definition) is 1. The summed E-state index contributed by atoms with van der Waals surface area (Å²) < 4.78 is 23.8. The molecule has 6 nitrogen and oxygen atoms in total. The van der Waals surface area contributed by atoms with Crippen molar-refractivity contribution in [2.75, 3.05) is 36.2 Å². The molecule has 2 heterocycles. The molecule has 1 aromatic rings. The van der Waals surface area contributed by atoms with Crippen molar-refractivity contribution in [3.8, 4) is 0 Å². The van der Waals surface area contributed by atoms with Crippen LogP contribution in [0.4, 0.5) is 5.82 Å². The molecule has 0 spiro atoms. The summed E-state index contributed by atoms with van der Waals surface area (Å²) in [5.74, 6) is 3.02. The number of sulfone groups is 1. The lowest BCUT2D eigenvalue weighted by Crippen LogP contribution is -2.46. The first-order chi connectivity index (χ1) is 9.90. The van der Waals surface area contributed by atoms with E-state index in [1.54, 1.807) is 11.8 Å². The van der Waals surface area contributed by atoms with Crippen LogP contribution in [0.5, 0.6) is 0 Å². The molecule has 1 aliphatic heterocycles. The molecule has 1 atom stereocenters. The van der Waals surface area contributed by atoms with Gasteiger partial charge < -0.3 is 5.32 Å². The number of nitrogens with zero attached hydrogens (tertiary/aromatic N) is 3. The second-order valence-electron chi connectivity index (χ2n) is 5.17.